The smallest absolute Gasteiger partial charge is 0.315 e. The van der Waals surface area contributed by atoms with Crippen molar-refractivity contribution in [2.24, 2.45) is 0 Å². The molecule has 5 nitrogen and oxygen atoms in total. The molecule has 8 heteroatoms. The van der Waals surface area contributed by atoms with Crippen LogP contribution in [0.5, 0.6) is 11.5 Å². The molecule has 0 unspecified atom stereocenters. The number of anilines is 1. The van der Waals surface area contributed by atoms with Gasteiger partial charge in [-0.2, -0.15) is 0 Å². The van der Waals surface area contributed by atoms with Gasteiger partial charge in [-0.25, -0.2) is 13.2 Å². The molecule has 0 radical (unpaired) electrons. The van der Waals surface area contributed by atoms with Crippen LogP contribution in [0.4, 0.5) is 18.9 Å². The zero-order chi connectivity index (χ0) is 25.7. The molecule has 36 heavy (non-hydrogen) atoms. The van der Waals surface area contributed by atoms with Crippen LogP contribution in [0.25, 0.3) is 11.1 Å². The third kappa shape index (κ3) is 5.72. The van der Waals surface area contributed by atoms with Crippen molar-refractivity contribution in [3.05, 3.63) is 114 Å². The normalized spacial score (nSPS) is 10.6. The zero-order valence-electron chi connectivity index (χ0n) is 19.1. The van der Waals surface area contributed by atoms with Crippen LogP contribution in [-0.2, 0) is 11.2 Å². The van der Waals surface area contributed by atoms with E-state index in [1.807, 2.05) is 0 Å². The highest BCUT2D eigenvalue weighted by Crippen LogP contribution is 2.31. The van der Waals surface area contributed by atoms with E-state index in [-0.39, 0.29) is 28.9 Å². The van der Waals surface area contributed by atoms with Crippen molar-refractivity contribution in [2.75, 3.05) is 12.4 Å². The quantitative estimate of drug-likeness (QED) is 0.248. The van der Waals surface area contributed by atoms with E-state index >= 15 is 0 Å². The summed E-state index contributed by atoms with van der Waals surface area (Å²) >= 11 is 0. The Balaban J connectivity index is 1.68. The van der Waals surface area contributed by atoms with Gasteiger partial charge in [0.05, 0.1) is 24.8 Å². The third-order valence-corrected chi connectivity index (χ3v) is 5.31. The summed E-state index contributed by atoms with van der Waals surface area (Å²) in [5.41, 5.74) is 1.16. The number of esters is 1. The predicted octanol–water partition coefficient (Wildman–Crippen LogP) is 6.18. The van der Waals surface area contributed by atoms with E-state index in [0.717, 1.165) is 12.1 Å². The van der Waals surface area contributed by atoms with Crippen LogP contribution in [0.15, 0.2) is 84.9 Å². The van der Waals surface area contributed by atoms with Gasteiger partial charge in [-0.3, -0.25) is 9.59 Å². The molecule has 0 atom stereocenters. The van der Waals surface area contributed by atoms with Crippen molar-refractivity contribution in [3.63, 3.8) is 0 Å². The second-order valence-corrected chi connectivity index (χ2v) is 7.77. The Bertz CT molecular complexity index is 1420. The van der Waals surface area contributed by atoms with Crippen LogP contribution in [0.3, 0.4) is 0 Å². The van der Waals surface area contributed by atoms with Gasteiger partial charge in [0.25, 0.3) is 5.91 Å². The summed E-state index contributed by atoms with van der Waals surface area (Å²) < 4.78 is 51.7. The Morgan fingerprint density at radius 3 is 2.25 bits per heavy atom. The highest BCUT2D eigenvalue weighted by molar-refractivity contribution is 6.08. The number of carbonyl (C=O) groups excluding carboxylic acids is 2. The van der Waals surface area contributed by atoms with Crippen molar-refractivity contribution in [2.45, 2.75) is 6.42 Å². The van der Waals surface area contributed by atoms with E-state index in [2.05, 4.69) is 5.32 Å². The van der Waals surface area contributed by atoms with Gasteiger partial charge in [-0.1, -0.05) is 30.3 Å². The number of para-hydroxylation sites is 2. The largest absolute Gasteiger partial charge is 0.495 e. The average Bonchev–Trinajstić information content (AvgIpc) is 2.86. The van der Waals surface area contributed by atoms with Crippen molar-refractivity contribution < 1.29 is 32.2 Å². The summed E-state index contributed by atoms with van der Waals surface area (Å²) in [6.45, 7) is 0. The Morgan fingerprint density at radius 1 is 0.806 bits per heavy atom. The topological polar surface area (TPSA) is 64.6 Å². The molecular formula is C28H20F3NO4. The lowest BCUT2D eigenvalue weighted by Gasteiger charge is -2.14. The number of ether oxygens (including phenoxy) is 2. The van der Waals surface area contributed by atoms with E-state index < -0.39 is 29.3 Å². The van der Waals surface area contributed by atoms with Gasteiger partial charge in [-0.05, 0) is 59.7 Å². The highest BCUT2D eigenvalue weighted by atomic mass is 19.1. The van der Waals surface area contributed by atoms with Gasteiger partial charge in [0.1, 0.15) is 29.0 Å². The molecule has 1 amide bonds. The van der Waals surface area contributed by atoms with E-state index in [4.69, 9.17) is 9.47 Å². The number of hydrogen-bond donors (Lipinski definition) is 1. The summed E-state index contributed by atoms with van der Waals surface area (Å²) in [5.74, 6) is -2.99. The van der Waals surface area contributed by atoms with Crippen LogP contribution in [-0.4, -0.2) is 19.0 Å². The summed E-state index contributed by atoms with van der Waals surface area (Å²) in [5, 5.41) is 2.70. The first kappa shape index (κ1) is 24.5. The first-order valence-electron chi connectivity index (χ1n) is 10.8. The number of benzene rings is 4. The van der Waals surface area contributed by atoms with Crippen molar-refractivity contribution in [3.8, 4) is 22.6 Å². The maximum Gasteiger partial charge on any atom is 0.315 e. The predicted molar refractivity (Wildman–Crippen MR) is 128 cm³/mol. The third-order valence-electron chi connectivity index (χ3n) is 5.31. The molecule has 182 valence electrons. The van der Waals surface area contributed by atoms with E-state index in [0.29, 0.717) is 17.0 Å². The fourth-order valence-corrected chi connectivity index (χ4v) is 3.55. The number of carbonyl (C=O) groups is 2. The number of halogens is 3. The Kier molecular flexibility index (Phi) is 7.34. The summed E-state index contributed by atoms with van der Waals surface area (Å²) in [6, 6.07) is 19.3. The molecule has 0 aliphatic rings. The van der Waals surface area contributed by atoms with E-state index in [9.17, 15) is 22.8 Å². The SMILES string of the molecule is COc1ccccc1NC(=O)c1cc(-c2ccc(F)cc2F)ccc1OC(=O)Cc1ccc(F)cc1. The minimum absolute atomic E-state index is 0.0606. The van der Waals surface area contributed by atoms with Crippen LogP contribution in [0.2, 0.25) is 0 Å². The van der Waals surface area contributed by atoms with Crippen LogP contribution in [0, 0.1) is 17.5 Å². The van der Waals surface area contributed by atoms with Gasteiger partial charge in [0.15, 0.2) is 0 Å². The molecule has 4 rings (SSSR count). The van der Waals surface area contributed by atoms with Gasteiger partial charge < -0.3 is 14.8 Å². The number of amides is 1. The number of methoxy groups -OCH3 is 1. The lowest BCUT2D eigenvalue weighted by Crippen LogP contribution is -2.17. The molecule has 0 saturated heterocycles. The molecule has 0 bridgehead atoms. The molecule has 0 aliphatic heterocycles. The van der Waals surface area contributed by atoms with E-state index in [1.54, 1.807) is 24.3 Å². The van der Waals surface area contributed by atoms with E-state index in [1.165, 1.54) is 55.6 Å². The van der Waals surface area contributed by atoms with Gasteiger partial charge in [-0.15, -0.1) is 0 Å². The lowest BCUT2D eigenvalue weighted by atomic mass is 10.0. The molecule has 0 aliphatic carbocycles. The van der Waals surface area contributed by atoms with Crippen molar-refractivity contribution >= 4 is 17.6 Å². The molecule has 4 aromatic carbocycles. The fourth-order valence-electron chi connectivity index (χ4n) is 3.55. The van der Waals surface area contributed by atoms with Gasteiger partial charge in [0.2, 0.25) is 0 Å². The molecule has 0 fully saturated rings. The average molecular weight is 491 g/mol. The van der Waals surface area contributed by atoms with Crippen molar-refractivity contribution in [1.82, 2.24) is 0 Å². The Labute approximate surface area is 205 Å². The standard InChI is InChI=1S/C28H20F3NO4/c1-35-26-5-3-2-4-24(26)32-28(34)22-15-18(21-12-11-20(30)16-23(21)31)8-13-25(22)36-27(33)14-17-6-9-19(29)10-7-17/h2-13,15-16H,14H2,1H3,(H,32,34). The number of nitrogens with one attached hydrogen (secondary N) is 1. The van der Waals surface area contributed by atoms with Crippen LogP contribution < -0.4 is 14.8 Å². The Hall–Kier alpha value is -4.59. The minimum Gasteiger partial charge on any atom is -0.495 e. The summed E-state index contributed by atoms with van der Waals surface area (Å²) in [6.07, 6.45) is -0.164. The first-order chi connectivity index (χ1) is 17.3. The minimum atomic E-state index is -0.813. The molecule has 4 aromatic rings. The van der Waals surface area contributed by atoms with Crippen LogP contribution >= 0.6 is 0 Å². The second kappa shape index (κ2) is 10.8. The molecule has 0 saturated carbocycles. The number of rotatable bonds is 7. The second-order valence-electron chi connectivity index (χ2n) is 7.77. The maximum atomic E-state index is 14.4. The maximum absolute atomic E-state index is 14.4. The summed E-state index contributed by atoms with van der Waals surface area (Å²) in [7, 11) is 1.45. The first-order valence-corrected chi connectivity index (χ1v) is 10.8. The molecule has 0 aromatic heterocycles. The van der Waals surface area contributed by atoms with Crippen molar-refractivity contribution in [1.29, 1.82) is 0 Å². The van der Waals surface area contributed by atoms with Gasteiger partial charge in [0, 0.05) is 11.6 Å². The molecule has 1 N–H and O–H groups in total. The molecule has 0 spiro atoms. The fraction of sp³-hybridized carbons (Fsp3) is 0.0714. The lowest BCUT2D eigenvalue weighted by molar-refractivity contribution is -0.133. The van der Waals surface area contributed by atoms with Gasteiger partial charge >= 0.3 is 5.97 Å². The number of hydrogen-bond acceptors (Lipinski definition) is 4. The molecule has 0 heterocycles. The monoisotopic (exact) mass is 491 g/mol. The Morgan fingerprint density at radius 2 is 1.53 bits per heavy atom. The highest BCUT2D eigenvalue weighted by Gasteiger charge is 2.20. The molecular weight excluding hydrogens is 471 g/mol. The van der Waals surface area contributed by atoms with Crippen LogP contribution in [0.1, 0.15) is 15.9 Å². The summed E-state index contributed by atoms with van der Waals surface area (Å²) in [4.78, 5) is 25.8. The zero-order valence-corrected chi connectivity index (χ0v) is 19.1.